The topological polar surface area (TPSA) is 92.6 Å². The number of methoxy groups -OCH3 is 1. The van der Waals surface area contributed by atoms with Crippen LogP contribution in [0.15, 0.2) is 35.5 Å². The first kappa shape index (κ1) is 13.1. The van der Waals surface area contributed by atoms with Gasteiger partial charge in [0.1, 0.15) is 23.5 Å². The standard InChI is InChI=1S/C13H10N4O/c1-18-12-4-2-11(3-5-12)17-13(6-7-14)10(8-15)9-16/h2-5,17H,6H2,1H3. The van der Waals surface area contributed by atoms with Crippen molar-refractivity contribution in [3.63, 3.8) is 0 Å². The number of allylic oxidation sites excluding steroid dienone is 2. The van der Waals surface area contributed by atoms with Crippen LogP contribution in [0.25, 0.3) is 0 Å². The Kier molecular flexibility index (Phi) is 4.79. The predicted octanol–water partition coefficient (Wildman–Crippen LogP) is 2.32. The smallest absolute Gasteiger partial charge is 0.149 e. The van der Waals surface area contributed by atoms with E-state index in [-0.39, 0.29) is 12.0 Å². The summed E-state index contributed by atoms with van der Waals surface area (Å²) >= 11 is 0. The number of nitriles is 3. The van der Waals surface area contributed by atoms with Crippen LogP contribution in [-0.2, 0) is 0 Å². The monoisotopic (exact) mass is 238 g/mol. The second kappa shape index (κ2) is 6.58. The lowest BCUT2D eigenvalue weighted by Gasteiger charge is -2.08. The molecule has 1 N–H and O–H groups in total. The molecule has 0 saturated heterocycles. The van der Waals surface area contributed by atoms with E-state index in [0.29, 0.717) is 17.1 Å². The number of anilines is 1. The van der Waals surface area contributed by atoms with Crippen molar-refractivity contribution in [1.82, 2.24) is 0 Å². The largest absolute Gasteiger partial charge is 0.497 e. The average Bonchev–Trinajstić information content (AvgIpc) is 2.41. The summed E-state index contributed by atoms with van der Waals surface area (Å²) in [6.45, 7) is 0. The van der Waals surface area contributed by atoms with Crippen LogP contribution >= 0.6 is 0 Å². The van der Waals surface area contributed by atoms with Gasteiger partial charge >= 0.3 is 0 Å². The van der Waals surface area contributed by atoms with Crippen LogP contribution in [0.5, 0.6) is 5.75 Å². The highest BCUT2D eigenvalue weighted by Gasteiger charge is 2.06. The molecule has 0 fully saturated rings. The van der Waals surface area contributed by atoms with E-state index in [1.165, 1.54) is 0 Å². The van der Waals surface area contributed by atoms with Gasteiger partial charge in [-0.25, -0.2) is 0 Å². The van der Waals surface area contributed by atoms with E-state index in [9.17, 15) is 0 Å². The highest BCUT2D eigenvalue weighted by molar-refractivity contribution is 5.55. The Morgan fingerprint density at radius 2 is 1.78 bits per heavy atom. The van der Waals surface area contributed by atoms with Crippen molar-refractivity contribution >= 4 is 5.69 Å². The summed E-state index contributed by atoms with van der Waals surface area (Å²) in [5.74, 6) is 0.701. The molecule has 0 aromatic heterocycles. The van der Waals surface area contributed by atoms with Crippen molar-refractivity contribution in [2.75, 3.05) is 12.4 Å². The molecule has 0 aliphatic carbocycles. The van der Waals surface area contributed by atoms with Crippen molar-refractivity contribution in [2.24, 2.45) is 0 Å². The molecule has 0 amide bonds. The highest BCUT2D eigenvalue weighted by Crippen LogP contribution is 2.18. The fraction of sp³-hybridized carbons (Fsp3) is 0.154. The minimum Gasteiger partial charge on any atom is -0.497 e. The minimum absolute atomic E-state index is 0.0253. The van der Waals surface area contributed by atoms with Gasteiger partial charge < -0.3 is 10.1 Å². The summed E-state index contributed by atoms with van der Waals surface area (Å²) in [7, 11) is 1.56. The highest BCUT2D eigenvalue weighted by atomic mass is 16.5. The SMILES string of the molecule is COc1ccc(NC(CC#N)=C(C#N)C#N)cc1. The summed E-state index contributed by atoms with van der Waals surface area (Å²) in [6, 6.07) is 12.4. The number of rotatable bonds is 4. The number of hydrogen-bond acceptors (Lipinski definition) is 5. The average molecular weight is 238 g/mol. The molecular weight excluding hydrogens is 228 g/mol. The second-order valence-corrected chi connectivity index (χ2v) is 3.27. The Morgan fingerprint density at radius 3 is 2.22 bits per heavy atom. The normalized spacial score (nSPS) is 8.33. The Hall–Kier alpha value is -2.97. The molecule has 0 atom stereocenters. The van der Waals surface area contributed by atoms with E-state index in [1.807, 2.05) is 6.07 Å². The second-order valence-electron chi connectivity index (χ2n) is 3.27. The molecule has 5 nitrogen and oxygen atoms in total. The van der Waals surface area contributed by atoms with E-state index in [0.717, 1.165) is 0 Å². The van der Waals surface area contributed by atoms with Gasteiger partial charge in [-0.2, -0.15) is 15.8 Å². The summed E-state index contributed by atoms with van der Waals surface area (Å²) in [6.07, 6.45) is -0.0253. The van der Waals surface area contributed by atoms with E-state index < -0.39 is 0 Å². The lowest BCUT2D eigenvalue weighted by atomic mass is 10.2. The Morgan fingerprint density at radius 1 is 1.17 bits per heavy atom. The van der Waals surface area contributed by atoms with Crippen LogP contribution in [-0.4, -0.2) is 7.11 Å². The van der Waals surface area contributed by atoms with Gasteiger partial charge in [0.25, 0.3) is 0 Å². The van der Waals surface area contributed by atoms with Crippen molar-refractivity contribution in [3.05, 3.63) is 35.5 Å². The molecule has 0 bridgehead atoms. The van der Waals surface area contributed by atoms with Gasteiger partial charge in [-0.3, -0.25) is 0 Å². The summed E-state index contributed by atoms with van der Waals surface area (Å²) in [4.78, 5) is 0. The molecule has 88 valence electrons. The van der Waals surface area contributed by atoms with E-state index in [2.05, 4.69) is 5.32 Å². The van der Waals surface area contributed by atoms with Gasteiger partial charge in [0.05, 0.1) is 25.3 Å². The van der Waals surface area contributed by atoms with Crippen LogP contribution in [0, 0.1) is 34.0 Å². The Bertz CT molecular complexity index is 551. The molecule has 0 unspecified atom stereocenters. The van der Waals surface area contributed by atoms with E-state index in [1.54, 1.807) is 43.5 Å². The van der Waals surface area contributed by atoms with Crippen molar-refractivity contribution < 1.29 is 4.74 Å². The lowest BCUT2D eigenvalue weighted by molar-refractivity contribution is 0.415. The van der Waals surface area contributed by atoms with Crippen LogP contribution in [0.1, 0.15) is 6.42 Å². The molecule has 0 saturated carbocycles. The molecule has 0 spiro atoms. The van der Waals surface area contributed by atoms with Gasteiger partial charge in [-0.15, -0.1) is 0 Å². The van der Waals surface area contributed by atoms with Gasteiger partial charge in [0.2, 0.25) is 0 Å². The fourth-order valence-corrected chi connectivity index (χ4v) is 1.28. The zero-order valence-corrected chi connectivity index (χ0v) is 9.77. The first-order valence-corrected chi connectivity index (χ1v) is 5.06. The number of ether oxygens (including phenoxy) is 1. The molecule has 0 radical (unpaired) electrons. The molecule has 0 aliphatic heterocycles. The van der Waals surface area contributed by atoms with Gasteiger partial charge in [-0.1, -0.05) is 0 Å². The third-order valence-electron chi connectivity index (χ3n) is 2.17. The molecular formula is C13H10N4O. The quantitative estimate of drug-likeness (QED) is 0.812. The molecule has 1 aromatic rings. The van der Waals surface area contributed by atoms with E-state index in [4.69, 9.17) is 20.5 Å². The number of nitrogens with one attached hydrogen (secondary N) is 1. The third kappa shape index (κ3) is 3.27. The maximum atomic E-state index is 8.78. The van der Waals surface area contributed by atoms with Gasteiger partial charge in [-0.05, 0) is 24.3 Å². The zero-order chi connectivity index (χ0) is 13.4. The fourth-order valence-electron chi connectivity index (χ4n) is 1.28. The Labute approximate surface area is 105 Å². The molecule has 0 aliphatic rings. The third-order valence-corrected chi connectivity index (χ3v) is 2.17. The summed E-state index contributed by atoms with van der Waals surface area (Å²) in [5, 5.41) is 29.1. The molecule has 18 heavy (non-hydrogen) atoms. The van der Waals surface area contributed by atoms with Crippen molar-refractivity contribution in [3.8, 4) is 24.0 Å². The molecule has 1 rings (SSSR count). The maximum absolute atomic E-state index is 8.78. The number of hydrogen-bond donors (Lipinski definition) is 1. The van der Waals surface area contributed by atoms with Crippen LogP contribution in [0.2, 0.25) is 0 Å². The predicted molar refractivity (Wildman–Crippen MR) is 65.1 cm³/mol. The molecule has 5 heteroatoms. The van der Waals surface area contributed by atoms with Crippen molar-refractivity contribution in [2.45, 2.75) is 6.42 Å². The molecule has 1 aromatic carbocycles. The lowest BCUT2D eigenvalue weighted by Crippen LogP contribution is -2.02. The van der Waals surface area contributed by atoms with Gasteiger partial charge in [0, 0.05) is 5.69 Å². The first-order chi connectivity index (χ1) is 8.74. The summed E-state index contributed by atoms with van der Waals surface area (Å²) in [5.41, 5.74) is 0.893. The molecule has 0 heterocycles. The van der Waals surface area contributed by atoms with Crippen LogP contribution in [0.3, 0.4) is 0 Å². The van der Waals surface area contributed by atoms with Crippen LogP contribution < -0.4 is 10.1 Å². The van der Waals surface area contributed by atoms with E-state index >= 15 is 0 Å². The number of nitrogens with zero attached hydrogens (tertiary/aromatic N) is 3. The Balaban J connectivity index is 2.99. The van der Waals surface area contributed by atoms with Crippen molar-refractivity contribution in [1.29, 1.82) is 15.8 Å². The number of benzene rings is 1. The minimum atomic E-state index is -0.0904. The maximum Gasteiger partial charge on any atom is 0.149 e. The van der Waals surface area contributed by atoms with Gasteiger partial charge in [0.15, 0.2) is 0 Å². The van der Waals surface area contributed by atoms with Crippen LogP contribution in [0.4, 0.5) is 5.69 Å². The summed E-state index contributed by atoms with van der Waals surface area (Å²) < 4.78 is 5.01. The first-order valence-electron chi connectivity index (χ1n) is 5.06. The zero-order valence-electron chi connectivity index (χ0n) is 9.77.